The molecule has 1 aromatic heterocycles. The van der Waals surface area contributed by atoms with Crippen molar-refractivity contribution in [3.05, 3.63) is 57.8 Å². The van der Waals surface area contributed by atoms with E-state index in [1.165, 1.54) is 16.9 Å². The van der Waals surface area contributed by atoms with Gasteiger partial charge in [0.2, 0.25) is 5.91 Å². The van der Waals surface area contributed by atoms with Crippen molar-refractivity contribution in [3.8, 4) is 0 Å². The van der Waals surface area contributed by atoms with Crippen LogP contribution in [-0.2, 0) is 17.6 Å². The fourth-order valence-electron chi connectivity index (χ4n) is 3.43. The zero-order chi connectivity index (χ0) is 18.4. The molecule has 3 rings (SSSR count). The molecule has 26 heavy (non-hydrogen) atoms. The van der Waals surface area contributed by atoms with Gasteiger partial charge in [-0.2, -0.15) is 0 Å². The van der Waals surface area contributed by atoms with Crippen molar-refractivity contribution in [2.45, 2.75) is 38.6 Å². The molecule has 0 radical (unpaired) electrons. The quantitative estimate of drug-likeness (QED) is 0.761. The molecule has 1 aliphatic rings. The van der Waals surface area contributed by atoms with E-state index >= 15 is 0 Å². The first-order valence-corrected chi connectivity index (χ1v) is 10.1. The molecule has 0 bridgehead atoms. The average Bonchev–Trinajstić information content (AvgIpc) is 3.10. The number of likely N-dealkylation sites (tertiary alicyclic amines) is 1. The maximum absolute atomic E-state index is 12.3. The fraction of sp³-hybridized carbons (Fsp3) is 0.429. The van der Waals surface area contributed by atoms with Crippen LogP contribution in [0.3, 0.4) is 0 Å². The molecule has 1 amide bonds. The summed E-state index contributed by atoms with van der Waals surface area (Å²) in [5.74, 6) is 0.107. The summed E-state index contributed by atoms with van der Waals surface area (Å²) in [7, 11) is 0. The van der Waals surface area contributed by atoms with Gasteiger partial charge in [-0.1, -0.05) is 30.3 Å². The maximum atomic E-state index is 12.3. The number of amides is 1. The van der Waals surface area contributed by atoms with E-state index in [1.54, 1.807) is 6.92 Å². The van der Waals surface area contributed by atoms with Crippen LogP contribution in [0.1, 0.15) is 40.6 Å². The number of rotatable bonds is 7. The van der Waals surface area contributed by atoms with Gasteiger partial charge >= 0.3 is 0 Å². The Labute approximate surface area is 159 Å². The number of nitrogens with zero attached hydrogens (tertiary/aromatic N) is 1. The highest BCUT2D eigenvalue weighted by Gasteiger charge is 2.21. The molecule has 0 aliphatic carbocycles. The molecule has 5 heteroatoms. The lowest BCUT2D eigenvalue weighted by molar-refractivity contribution is -0.121. The lowest BCUT2D eigenvalue weighted by Crippen LogP contribution is -2.48. The third kappa shape index (κ3) is 5.51. The second kappa shape index (κ2) is 9.10. The zero-order valence-corrected chi connectivity index (χ0v) is 16.1. The Morgan fingerprint density at radius 3 is 2.77 bits per heavy atom. The molecule has 1 aromatic carbocycles. The number of carbonyl (C=O) groups excluding carboxylic acids is 2. The molecule has 1 saturated heterocycles. The zero-order valence-electron chi connectivity index (χ0n) is 15.2. The molecule has 2 aromatic rings. The topological polar surface area (TPSA) is 49.4 Å². The van der Waals surface area contributed by atoms with Crippen LogP contribution in [0.5, 0.6) is 0 Å². The summed E-state index contributed by atoms with van der Waals surface area (Å²) in [6.45, 7) is 4.61. The highest BCUT2D eigenvalue weighted by atomic mass is 32.1. The largest absolute Gasteiger partial charge is 0.352 e. The molecule has 4 nitrogen and oxygen atoms in total. The summed E-state index contributed by atoms with van der Waals surface area (Å²) in [5, 5.41) is 5.08. The van der Waals surface area contributed by atoms with E-state index < -0.39 is 0 Å². The monoisotopic (exact) mass is 370 g/mol. The lowest BCUT2D eigenvalue weighted by Gasteiger charge is -2.33. The number of carbonyl (C=O) groups is 2. The second-order valence-corrected chi connectivity index (χ2v) is 7.91. The Balaban J connectivity index is 1.45. The van der Waals surface area contributed by atoms with Crippen molar-refractivity contribution in [1.82, 2.24) is 10.2 Å². The van der Waals surface area contributed by atoms with E-state index in [4.69, 9.17) is 0 Å². The molecular formula is C21H26N2O2S. The Morgan fingerprint density at radius 2 is 2.04 bits per heavy atom. The van der Waals surface area contributed by atoms with Gasteiger partial charge in [0.15, 0.2) is 5.78 Å². The van der Waals surface area contributed by atoms with Crippen molar-refractivity contribution in [2.24, 2.45) is 0 Å². The van der Waals surface area contributed by atoms with Gasteiger partial charge in [-0.15, -0.1) is 11.3 Å². The maximum Gasteiger partial charge on any atom is 0.224 e. The smallest absolute Gasteiger partial charge is 0.224 e. The van der Waals surface area contributed by atoms with Crippen LogP contribution in [0.15, 0.2) is 41.8 Å². The van der Waals surface area contributed by atoms with Gasteiger partial charge in [-0.3, -0.25) is 9.59 Å². The minimum Gasteiger partial charge on any atom is -0.352 e. The van der Waals surface area contributed by atoms with Gasteiger partial charge in [0, 0.05) is 19.1 Å². The van der Waals surface area contributed by atoms with Crippen LogP contribution in [0, 0.1) is 0 Å². The Kier molecular flexibility index (Phi) is 6.58. The van der Waals surface area contributed by atoms with Gasteiger partial charge in [-0.05, 0) is 55.3 Å². The van der Waals surface area contributed by atoms with E-state index in [2.05, 4.69) is 34.5 Å². The van der Waals surface area contributed by atoms with Crippen LogP contribution in [0.25, 0.3) is 0 Å². The van der Waals surface area contributed by atoms with Gasteiger partial charge < -0.3 is 10.2 Å². The first-order chi connectivity index (χ1) is 12.6. The first kappa shape index (κ1) is 18.8. The Morgan fingerprint density at radius 1 is 1.23 bits per heavy atom. The SMILES string of the molecule is CC(=O)c1cc(CC(=O)N[C@H]2CCCN(CCc3ccccc3)C2)cs1. The lowest BCUT2D eigenvalue weighted by atomic mass is 10.0. The van der Waals surface area contributed by atoms with E-state index in [1.807, 2.05) is 17.5 Å². The number of hydrogen-bond donors (Lipinski definition) is 1. The fourth-order valence-corrected chi connectivity index (χ4v) is 4.24. The minimum atomic E-state index is 0.0489. The summed E-state index contributed by atoms with van der Waals surface area (Å²) < 4.78 is 0. The normalized spacial score (nSPS) is 17.8. The van der Waals surface area contributed by atoms with Crippen molar-refractivity contribution in [2.75, 3.05) is 19.6 Å². The standard InChI is InChI=1S/C21H26N2O2S/c1-16(24)20-12-18(15-26-20)13-21(25)22-19-8-5-10-23(14-19)11-9-17-6-3-2-4-7-17/h2-4,6-7,12,15,19H,5,8-11,13-14H2,1H3,(H,22,25)/t19-/m0/s1. The molecule has 1 fully saturated rings. The third-order valence-corrected chi connectivity index (χ3v) is 5.88. The molecule has 138 valence electrons. The summed E-state index contributed by atoms with van der Waals surface area (Å²) in [5.41, 5.74) is 2.28. The van der Waals surface area contributed by atoms with E-state index in [9.17, 15) is 9.59 Å². The van der Waals surface area contributed by atoms with E-state index in [-0.39, 0.29) is 17.7 Å². The highest BCUT2D eigenvalue weighted by molar-refractivity contribution is 7.12. The molecule has 1 atom stereocenters. The van der Waals surface area contributed by atoms with E-state index in [0.717, 1.165) is 49.3 Å². The minimum absolute atomic E-state index is 0.0489. The summed E-state index contributed by atoms with van der Waals surface area (Å²) in [6, 6.07) is 12.6. The van der Waals surface area contributed by atoms with Crippen molar-refractivity contribution < 1.29 is 9.59 Å². The summed E-state index contributed by atoms with van der Waals surface area (Å²) in [6.07, 6.45) is 3.55. The van der Waals surface area contributed by atoms with Gasteiger partial charge in [0.25, 0.3) is 0 Å². The van der Waals surface area contributed by atoms with Gasteiger partial charge in [0.05, 0.1) is 11.3 Å². The van der Waals surface area contributed by atoms with E-state index in [0.29, 0.717) is 6.42 Å². The summed E-state index contributed by atoms with van der Waals surface area (Å²) >= 11 is 1.41. The Hall–Kier alpha value is -1.98. The van der Waals surface area contributed by atoms with Crippen LogP contribution in [-0.4, -0.2) is 42.3 Å². The first-order valence-electron chi connectivity index (χ1n) is 9.24. The predicted octanol–water partition coefficient (Wildman–Crippen LogP) is 3.32. The Bertz CT molecular complexity index is 741. The van der Waals surface area contributed by atoms with Crippen LogP contribution < -0.4 is 5.32 Å². The van der Waals surface area contributed by atoms with Crippen molar-refractivity contribution in [1.29, 1.82) is 0 Å². The molecule has 0 saturated carbocycles. The van der Waals surface area contributed by atoms with Gasteiger partial charge in [-0.25, -0.2) is 0 Å². The number of benzene rings is 1. The predicted molar refractivity (Wildman–Crippen MR) is 106 cm³/mol. The summed E-state index contributed by atoms with van der Waals surface area (Å²) in [4.78, 5) is 26.9. The number of piperidine rings is 1. The number of Topliss-reactive ketones (excluding diaryl/α,β-unsaturated/α-hetero) is 1. The molecule has 0 spiro atoms. The van der Waals surface area contributed by atoms with Crippen LogP contribution >= 0.6 is 11.3 Å². The molecule has 1 N–H and O–H groups in total. The number of thiophene rings is 1. The number of ketones is 1. The van der Waals surface area contributed by atoms with Gasteiger partial charge in [0.1, 0.15) is 0 Å². The van der Waals surface area contributed by atoms with Crippen molar-refractivity contribution in [3.63, 3.8) is 0 Å². The molecule has 0 unspecified atom stereocenters. The number of hydrogen-bond acceptors (Lipinski definition) is 4. The van der Waals surface area contributed by atoms with Crippen LogP contribution in [0.2, 0.25) is 0 Å². The second-order valence-electron chi connectivity index (χ2n) is 7.00. The molecule has 2 heterocycles. The highest BCUT2D eigenvalue weighted by Crippen LogP contribution is 2.16. The molecule has 1 aliphatic heterocycles. The van der Waals surface area contributed by atoms with Crippen LogP contribution in [0.4, 0.5) is 0 Å². The van der Waals surface area contributed by atoms with Crippen molar-refractivity contribution >= 4 is 23.0 Å². The third-order valence-electron chi connectivity index (χ3n) is 4.80. The average molecular weight is 371 g/mol. The molecular weight excluding hydrogens is 344 g/mol. The number of nitrogens with one attached hydrogen (secondary N) is 1.